The minimum atomic E-state index is -0.510. The second-order valence-corrected chi connectivity index (χ2v) is 5.42. The quantitative estimate of drug-likeness (QED) is 0.656. The van der Waals surface area contributed by atoms with Crippen LogP contribution in [0.25, 0.3) is 0 Å². The summed E-state index contributed by atoms with van der Waals surface area (Å²) in [6, 6.07) is -0.176. The first-order valence-corrected chi connectivity index (χ1v) is 5.59. The molecule has 88 valence electrons. The summed E-state index contributed by atoms with van der Waals surface area (Å²) < 4.78 is 0. The topological polar surface area (TPSA) is 61.4 Å². The summed E-state index contributed by atoms with van der Waals surface area (Å²) in [5.74, 6) is 0.684. The summed E-state index contributed by atoms with van der Waals surface area (Å²) in [4.78, 5) is 11.3. The van der Waals surface area contributed by atoms with E-state index in [2.05, 4.69) is 10.6 Å². The van der Waals surface area contributed by atoms with Crippen molar-refractivity contribution in [1.82, 2.24) is 10.6 Å². The molecule has 0 aliphatic heterocycles. The van der Waals surface area contributed by atoms with Crippen LogP contribution in [0.1, 0.15) is 33.6 Å². The molecular formula is C11H22N2O2. The minimum Gasteiger partial charge on any atom is -0.391 e. The number of aliphatic hydroxyl groups is 1. The Morgan fingerprint density at radius 3 is 2.47 bits per heavy atom. The molecule has 4 heteroatoms. The van der Waals surface area contributed by atoms with Crippen molar-refractivity contribution >= 4 is 6.03 Å². The van der Waals surface area contributed by atoms with Crippen molar-refractivity contribution in [2.75, 3.05) is 13.1 Å². The highest BCUT2D eigenvalue weighted by molar-refractivity contribution is 5.73. The van der Waals surface area contributed by atoms with Crippen LogP contribution in [-0.4, -0.2) is 30.3 Å². The molecule has 15 heavy (non-hydrogen) atoms. The summed E-state index contributed by atoms with van der Waals surface area (Å²) in [6.07, 6.45) is 1.94. The zero-order chi connectivity index (χ0) is 11.5. The van der Waals surface area contributed by atoms with Crippen LogP contribution < -0.4 is 10.6 Å². The van der Waals surface area contributed by atoms with Crippen LogP contribution in [0.15, 0.2) is 0 Å². The largest absolute Gasteiger partial charge is 0.391 e. The normalized spacial score (nSPS) is 18.4. The van der Waals surface area contributed by atoms with Crippen molar-refractivity contribution in [1.29, 1.82) is 0 Å². The fourth-order valence-corrected chi connectivity index (χ4v) is 1.12. The smallest absolute Gasteiger partial charge is 0.314 e. The molecule has 0 bridgehead atoms. The number of amides is 2. The van der Waals surface area contributed by atoms with Gasteiger partial charge in [0.15, 0.2) is 0 Å². The monoisotopic (exact) mass is 214 g/mol. The summed E-state index contributed by atoms with van der Waals surface area (Å²) in [5.41, 5.74) is -0.191. The van der Waals surface area contributed by atoms with E-state index in [1.54, 1.807) is 0 Å². The standard InChI is InChI=1S/C11H22N2O2/c1-11(2,3)9(14)7-13-10(15)12-6-8-4-5-8/h8-9,14H,4-7H2,1-3H3,(H2,12,13,15). The van der Waals surface area contributed by atoms with Crippen molar-refractivity contribution in [3.05, 3.63) is 0 Å². The second kappa shape index (κ2) is 4.84. The van der Waals surface area contributed by atoms with E-state index in [1.165, 1.54) is 12.8 Å². The summed E-state index contributed by atoms with van der Waals surface area (Å²) in [5, 5.41) is 15.1. The fourth-order valence-electron chi connectivity index (χ4n) is 1.12. The van der Waals surface area contributed by atoms with Crippen LogP contribution in [0.4, 0.5) is 4.79 Å². The maximum atomic E-state index is 11.3. The Balaban J connectivity index is 2.09. The van der Waals surface area contributed by atoms with E-state index in [4.69, 9.17) is 0 Å². The first kappa shape index (κ1) is 12.3. The van der Waals surface area contributed by atoms with Crippen LogP contribution in [0.3, 0.4) is 0 Å². The lowest BCUT2D eigenvalue weighted by atomic mass is 9.89. The molecule has 0 radical (unpaired) electrons. The van der Waals surface area contributed by atoms with Gasteiger partial charge >= 0.3 is 6.03 Å². The molecule has 0 saturated heterocycles. The second-order valence-electron chi connectivity index (χ2n) is 5.42. The molecule has 1 saturated carbocycles. The van der Waals surface area contributed by atoms with E-state index in [9.17, 15) is 9.90 Å². The van der Waals surface area contributed by atoms with Crippen LogP contribution >= 0.6 is 0 Å². The number of nitrogens with one attached hydrogen (secondary N) is 2. The van der Waals surface area contributed by atoms with E-state index < -0.39 is 6.10 Å². The highest BCUT2D eigenvalue weighted by Crippen LogP contribution is 2.27. The van der Waals surface area contributed by atoms with Gasteiger partial charge in [0, 0.05) is 13.1 Å². The molecule has 1 unspecified atom stereocenters. The molecule has 2 amide bonds. The predicted octanol–water partition coefficient (Wildman–Crippen LogP) is 1.10. The molecule has 0 spiro atoms. The number of carbonyl (C=O) groups excluding carboxylic acids is 1. The predicted molar refractivity (Wildman–Crippen MR) is 59.6 cm³/mol. The molecule has 4 nitrogen and oxygen atoms in total. The zero-order valence-electron chi connectivity index (χ0n) is 9.84. The van der Waals surface area contributed by atoms with Crippen LogP contribution in [0, 0.1) is 11.3 Å². The Kier molecular flexibility index (Phi) is 3.97. The summed E-state index contributed by atoms with van der Waals surface area (Å²) >= 11 is 0. The van der Waals surface area contributed by atoms with Crippen molar-refractivity contribution in [2.45, 2.75) is 39.7 Å². The van der Waals surface area contributed by atoms with Crippen molar-refractivity contribution in [3.8, 4) is 0 Å². The van der Waals surface area contributed by atoms with E-state index in [-0.39, 0.29) is 11.4 Å². The molecule has 1 aliphatic rings. The lowest BCUT2D eigenvalue weighted by Gasteiger charge is -2.25. The first-order valence-electron chi connectivity index (χ1n) is 5.59. The third-order valence-electron chi connectivity index (χ3n) is 2.70. The number of rotatable bonds is 4. The van der Waals surface area contributed by atoms with Crippen LogP contribution in [0.5, 0.6) is 0 Å². The molecule has 1 fully saturated rings. The van der Waals surface area contributed by atoms with Gasteiger partial charge in [0.2, 0.25) is 0 Å². The summed E-state index contributed by atoms with van der Waals surface area (Å²) in [6.45, 7) is 6.90. The van der Waals surface area contributed by atoms with E-state index in [0.29, 0.717) is 12.5 Å². The van der Waals surface area contributed by atoms with Crippen molar-refractivity contribution in [3.63, 3.8) is 0 Å². The molecular weight excluding hydrogens is 192 g/mol. The third kappa shape index (κ3) is 5.02. The van der Waals surface area contributed by atoms with Gasteiger partial charge in [-0.3, -0.25) is 0 Å². The lowest BCUT2D eigenvalue weighted by Crippen LogP contribution is -2.44. The summed E-state index contributed by atoms with van der Waals surface area (Å²) in [7, 11) is 0. The van der Waals surface area contributed by atoms with Gasteiger partial charge in [0.1, 0.15) is 0 Å². The minimum absolute atomic E-state index is 0.176. The number of carbonyl (C=O) groups is 1. The molecule has 0 heterocycles. The number of hydrogen-bond acceptors (Lipinski definition) is 2. The molecule has 1 aliphatic carbocycles. The van der Waals surface area contributed by atoms with Gasteiger partial charge < -0.3 is 15.7 Å². The van der Waals surface area contributed by atoms with Gasteiger partial charge in [-0.25, -0.2) is 4.79 Å². The van der Waals surface area contributed by atoms with Gasteiger partial charge in [-0.1, -0.05) is 20.8 Å². The average Bonchev–Trinajstić information content (AvgIpc) is 2.92. The zero-order valence-corrected chi connectivity index (χ0v) is 9.84. The van der Waals surface area contributed by atoms with Gasteiger partial charge in [0.05, 0.1) is 6.10 Å². The van der Waals surface area contributed by atoms with E-state index >= 15 is 0 Å². The molecule has 3 N–H and O–H groups in total. The Hall–Kier alpha value is -0.770. The Bertz CT molecular complexity index is 219. The Morgan fingerprint density at radius 2 is 2.00 bits per heavy atom. The average molecular weight is 214 g/mol. The molecule has 0 aromatic heterocycles. The Labute approximate surface area is 91.4 Å². The number of aliphatic hydroxyl groups excluding tert-OH is 1. The Morgan fingerprint density at radius 1 is 1.40 bits per heavy atom. The van der Waals surface area contributed by atoms with Gasteiger partial charge in [-0.05, 0) is 24.2 Å². The van der Waals surface area contributed by atoms with E-state index in [1.807, 2.05) is 20.8 Å². The fraction of sp³-hybridized carbons (Fsp3) is 0.909. The van der Waals surface area contributed by atoms with Gasteiger partial charge in [-0.15, -0.1) is 0 Å². The highest BCUT2D eigenvalue weighted by atomic mass is 16.3. The first-order chi connectivity index (χ1) is 6.89. The maximum absolute atomic E-state index is 11.3. The lowest BCUT2D eigenvalue weighted by molar-refractivity contribution is 0.0650. The number of urea groups is 1. The van der Waals surface area contributed by atoms with Crippen LogP contribution in [0.2, 0.25) is 0 Å². The molecule has 0 aromatic rings. The highest BCUT2D eigenvalue weighted by Gasteiger charge is 2.23. The molecule has 1 rings (SSSR count). The van der Waals surface area contributed by atoms with Crippen molar-refractivity contribution < 1.29 is 9.90 Å². The van der Waals surface area contributed by atoms with Crippen molar-refractivity contribution in [2.24, 2.45) is 11.3 Å². The molecule has 0 aromatic carbocycles. The maximum Gasteiger partial charge on any atom is 0.314 e. The van der Waals surface area contributed by atoms with E-state index in [0.717, 1.165) is 6.54 Å². The molecule has 1 atom stereocenters. The SMILES string of the molecule is CC(C)(C)C(O)CNC(=O)NCC1CC1. The van der Waals surface area contributed by atoms with Gasteiger partial charge in [0.25, 0.3) is 0 Å². The van der Waals surface area contributed by atoms with Gasteiger partial charge in [-0.2, -0.15) is 0 Å². The third-order valence-corrected chi connectivity index (χ3v) is 2.70. The number of hydrogen-bond donors (Lipinski definition) is 3. The van der Waals surface area contributed by atoms with Crippen LogP contribution in [-0.2, 0) is 0 Å².